The van der Waals surface area contributed by atoms with Crippen LogP contribution in [0.25, 0.3) is 0 Å². The molecule has 0 spiro atoms. The third-order valence-corrected chi connectivity index (χ3v) is 3.74. The highest BCUT2D eigenvalue weighted by Crippen LogP contribution is 2.24. The molecular formula is C18H20BrNO2. The van der Waals surface area contributed by atoms with Crippen molar-refractivity contribution < 1.29 is 9.53 Å². The average molecular weight is 362 g/mol. The van der Waals surface area contributed by atoms with Crippen LogP contribution in [-0.4, -0.2) is 12.5 Å². The minimum atomic E-state index is -0.170. The number of nitrogens with one attached hydrogen (secondary N) is 1. The Hall–Kier alpha value is -1.81. The van der Waals surface area contributed by atoms with Crippen LogP contribution in [0.1, 0.15) is 35.7 Å². The second-order valence-electron chi connectivity index (χ2n) is 5.16. The number of benzene rings is 2. The van der Waals surface area contributed by atoms with Gasteiger partial charge in [0.2, 0.25) is 0 Å². The van der Waals surface area contributed by atoms with E-state index in [-0.39, 0.29) is 5.91 Å². The lowest BCUT2D eigenvalue weighted by Gasteiger charge is -2.12. The first-order valence-electron chi connectivity index (χ1n) is 7.40. The Morgan fingerprint density at radius 2 is 1.91 bits per heavy atom. The van der Waals surface area contributed by atoms with Crippen molar-refractivity contribution in [2.45, 2.75) is 26.7 Å². The van der Waals surface area contributed by atoms with Gasteiger partial charge in [-0.25, -0.2) is 0 Å². The second-order valence-corrected chi connectivity index (χ2v) is 6.08. The summed E-state index contributed by atoms with van der Waals surface area (Å²) in [6.45, 7) is 4.73. The van der Waals surface area contributed by atoms with Crippen LogP contribution in [0.2, 0.25) is 0 Å². The maximum absolute atomic E-state index is 12.5. The van der Waals surface area contributed by atoms with Crippen molar-refractivity contribution in [1.29, 1.82) is 0 Å². The maximum atomic E-state index is 12.5. The standard InChI is InChI=1S/C18H20BrNO2/c1-3-4-11-22-17-10-7-14(19)12-16(17)18(21)20-15-8-5-13(2)6-9-15/h5-10,12H,3-4,11H2,1-2H3,(H,20,21). The van der Waals surface area contributed by atoms with E-state index in [0.717, 1.165) is 28.6 Å². The minimum Gasteiger partial charge on any atom is -0.493 e. The molecule has 0 aliphatic carbocycles. The van der Waals surface area contributed by atoms with E-state index >= 15 is 0 Å². The van der Waals surface area contributed by atoms with Crippen molar-refractivity contribution >= 4 is 27.5 Å². The Balaban J connectivity index is 2.16. The SMILES string of the molecule is CCCCOc1ccc(Br)cc1C(=O)Nc1ccc(C)cc1. The van der Waals surface area contributed by atoms with Gasteiger partial charge >= 0.3 is 0 Å². The van der Waals surface area contributed by atoms with Gasteiger partial charge in [0.05, 0.1) is 12.2 Å². The van der Waals surface area contributed by atoms with Crippen LogP contribution >= 0.6 is 15.9 Å². The van der Waals surface area contributed by atoms with Crippen LogP contribution in [0, 0.1) is 6.92 Å². The Morgan fingerprint density at radius 3 is 2.59 bits per heavy atom. The van der Waals surface area contributed by atoms with Gasteiger partial charge in [0.1, 0.15) is 5.75 Å². The minimum absolute atomic E-state index is 0.170. The first-order chi connectivity index (χ1) is 10.6. The predicted molar refractivity (Wildman–Crippen MR) is 93.7 cm³/mol. The quantitative estimate of drug-likeness (QED) is 0.719. The highest BCUT2D eigenvalue weighted by atomic mass is 79.9. The molecule has 0 saturated carbocycles. The average Bonchev–Trinajstić information content (AvgIpc) is 2.51. The summed E-state index contributed by atoms with van der Waals surface area (Å²) in [5.41, 5.74) is 2.46. The molecule has 0 aliphatic rings. The first kappa shape index (κ1) is 16.6. The van der Waals surface area contributed by atoms with E-state index in [1.165, 1.54) is 0 Å². The normalized spacial score (nSPS) is 10.3. The van der Waals surface area contributed by atoms with Gasteiger partial charge in [0.15, 0.2) is 0 Å². The van der Waals surface area contributed by atoms with E-state index in [1.54, 1.807) is 6.07 Å². The van der Waals surface area contributed by atoms with Gasteiger partial charge in [-0.3, -0.25) is 4.79 Å². The number of carbonyl (C=O) groups is 1. The topological polar surface area (TPSA) is 38.3 Å². The van der Waals surface area contributed by atoms with E-state index in [0.29, 0.717) is 17.9 Å². The Labute approximate surface area is 139 Å². The van der Waals surface area contributed by atoms with Crippen molar-refractivity contribution in [2.24, 2.45) is 0 Å². The summed E-state index contributed by atoms with van der Waals surface area (Å²) in [6, 6.07) is 13.2. The summed E-state index contributed by atoms with van der Waals surface area (Å²) < 4.78 is 6.58. The fourth-order valence-electron chi connectivity index (χ4n) is 1.97. The molecule has 0 fully saturated rings. The van der Waals surface area contributed by atoms with Gasteiger partial charge in [0, 0.05) is 10.2 Å². The molecule has 0 heterocycles. The number of halogens is 1. The highest BCUT2D eigenvalue weighted by Gasteiger charge is 2.13. The van der Waals surface area contributed by atoms with Gasteiger partial charge in [-0.05, 0) is 43.7 Å². The number of anilines is 1. The number of hydrogen-bond acceptors (Lipinski definition) is 2. The Kier molecular flexibility index (Phi) is 6.01. The molecule has 0 atom stereocenters. The largest absolute Gasteiger partial charge is 0.493 e. The summed E-state index contributed by atoms with van der Waals surface area (Å²) in [5.74, 6) is 0.443. The zero-order valence-corrected chi connectivity index (χ0v) is 14.4. The summed E-state index contributed by atoms with van der Waals surface area (Å²) in [4.78, 5) is 12.5. The number of ether oxygens (including phenoxy) is 1. The smallest absolute Gasteiger partial charge is 0.259 e. The molecular weight excluding hydrogens is 342 g/mol. The van der Waals surface area contributed by atoms with Gasteiger partial charge in [-0.2, -0.15) is 0 Å². The number of unbranched alkanes of at least 4 members (excludes halogenated alkanes) is 1. The van der Waals surface area contributed by atoms with Crippen LogP contribution < -0.4 is 10.1 Å². The molecule has 2 aromatic rings. The molecule has 1 amide bonds. The molecule has 4 heteroatoms. The van der Waals surface area contributed by atoms with Crippen molar-refractivity contribution in [3.63, 3.8) is 0 Å². The number of rotatable bonds is 6. The molecule has 0 radical (unpaired) electrons. The lowest BCUT2D eigenvalue weighted by Crippen LogP contribution is -2.14. The molecule has 0 aliphatic heterocycles. The summed E-state index contributed by atoms with van der Waals surface area (Å²) in [6.07, 6.45) is 2.02. The third-order valence-electron chi connectivity index (χ3n) is 3.25. The van der Waals surface area contributed by atoms with E-state index < -0.39 is 0 Å². The molecule has 116 valence electrons. The first-order valence-corrected chi connectivity index (χ1v) is 8.20. The fraction of sp³-hybridized carbons (Fsp3) is 0.278. The number of carbonyl (C=O) groups excluding carboxylic acids is 1. The zero-order valence-electron chi connectivity index (χ0n) is 12.9. The lowest BCUT2D eigenvalue weighted by atomic mass is 10.1. The van der Waals surface area contributed by atoms with Gasteiger partial charge in [-0.15, -0.1) is 0 Å². The molecule has 2 rings (SSSR count). The van der Waals surface area contributed by atoms with E-state index in [1.807, 2.05) is 43.3 Å². The van der Waals surface area contributed by atoms with Crippen molar-refractivity contribution in [3.8, 4) is 5.75 Å². The van der Waals surface area contributed by atoms with Crippen LogP contribution in [-0.2, 0) is 0 Å². The number of aryl methyl sites for hydroxylation is 1. The zero-order chi connectivity index (χ0) is 15.9. The number of amides is 1. The lowest BCUT2D eigenvalue weighted by molar-refractivity contribution is 0.102. The second kappa shape index (κ2) is 7.99. The molecule has 2 aromatic carbocycles. The fourth-order valence-corrected chi connectivity index (χ4v) is 2.33. The van der Waals surface area contributed by atoms with E-state index in [9.17, 15) is 4.79 Å². The molecule has 3 nitrogen and oxygen atoms in total. The van der Waals surface area contributed by atoms with Crippen molar-refractivity contribution in [3.05, 3.63) is 58.1 Å². The highest BCUT2D eigenvalue weighted by molar-refractivity contribution is 9.10. The predicted octanol–water partition coefficient (Wildman–Crippen LogP) is 5.19. The van der Waals surface area contributed by atoms with E-state index in [2.05, 4.69) is 28.2 Å². The van der Waals surface area contributed by atoms with E-state index in [4.69, 9.17) is 4.74 Å². The monoisotopic (exact) mass is 361 g/mol. The molecule has 1 N–H and O–H groups in total. The molecule has 0 unspecified atom stereocenters. The van der Waals surface area contributed by atoms with Crippen LogP contribution in [0.15, 0.2) is 46.9 Å². The molecule has 0 aromatic heterocycles. The van der Waals surface area contributed by atoms with Gasteiger partial charge < -0.3 is 10.1 Å². The Bertz CT molecular complexity index is 638. The third kappa shape index (κ3) is 4.60. The van der Waals surface area contributed by atoms with Crippen LogP contribution in [0.5, 0.6) is 5.75 Å². The molecule has 0 bridgehead atoms. The van der Waals surface area contributed by atoms with Crippen LogP contribution in [0.3, 0.4) is 0 Å². The summed E-state index contributed by atoms with van der Waals surface area (Å²) in [7, 11) is 0. The summed E-state index contributed by atoms with van der Waals surface area (Å²) >= 11 is 3.41. The van der Waals surface area contributed by atoms with Crippen molar-refractivity contribution in [2.75, 3.05) is 11.9 Å². The maximum Gasteiger partial charge on any atom is 0.259 e. The van der Waals surface area contributed by atoms with Crippen LogP contribution in [0.4, 0.5) is 5.69 Å². The molecule has 22 heavy (non-hydrogen) atoms. The molecule has 0 saturated heterocycles. The number of hydrogen-bond donors (Lipinski definition) is 1. The Morgan fingerprint density at radius 1 is 1.18 bits per heavy atom. The van der Waals surface area contributed by atoms with Gasteiger partial charge in [0.25, 0.3) is 5.91 Å². The van der Waals surface area contributed by atoms with Crippen molar-refractivity contribution in [1.82, 2.24) is 0 Å². The van der Waals surface area contributed by atoms with Gasteiger partial charge in [-0.1, -0.05) is 47.0 Å². The summed E-state index contributed by atoms with van der Waals surface area (Å²) in [5, 5.41) is 2.90.